The average Bonchev–Trinajstić information content (AvgIpc) is 2.57. The molecule has 3 rings (SSSR count). The van der Waals surface area contributed by atoms with E-state index in [4.69, 9.17) is 0 Å². The zero-order chi connectivity index (χ0) is 16.4. The molecular weight excluding hydrogens is 292 g/mol. The van der Waals surface area contributed by atoms with Crippen molar-refractivity contribution >= 4 is 17.5 Å². The summed E-state index contributed by atoms with van der Waals surface area (Å²) < 4.78 is 0. The highest BCUT2D eigenvalue weighted by Gasteiger charge is 2.34. The number of anilines is 1. The molecule has 0 N–H and O–H groups in total. The van der Waals surface area contributed by atoms with Gasteiger partial charge in [0.2, 0.25) is 5.91 Å². The van der Waals surface area contributed by atoms with Crippen LogP contribution in [0.2, 0.25) is 0 Å². The second kappa shape index (κ2) is 6.16. The van der Waals surface area contributed by atoms with E-state index in [0.29, 0.717) is 6.54 Å². The van der Waals surface area contributed by atoms with Gasteiger partial charge in [-0.05, 0) is 26.0 Å². The van der Waals surface area contributed by atoms with Gasteiger partial charge in [0.1, 0.15) is 12.2 Å². The van der Waals surface area contributed by atoms with Gasteiger partial charge in [0, 0.05) is 30.7 Å². The molecule has 1 atom stereocenters. The summed E-state index contributed by atoms with van der Waals surface area (Å²) in [6.45, 7) is 4.45. The number of carbonyl (C=O) groups is 2. The summed E-state index contributed by atoms with van der Waals surface area (Å²) in [5.41, 5.74) is 2.26. The average molecular weight is 310 g/mol. The summed E-state index contributed by atoms with van der Waals surface area (Å²) in [6, 6.07) is 7.72. The first-order chi connectivity index (χ1) is 11.1. The first kappa shape index (κ1) is 15.1. The minimum atomic E-state index is -0.262. The summed E-state index contributed by atoms with van der Waals surface area (Å²) in [6.07, 6.45) is 4.41. The first-order valence-corrected chi connectivity index (χ1v) is 7.50. The number of piperazine rings is 1. The van der Waals surface area contributed by atoms with Crippen molar-refractivity contribution in [1.82, 2.24) is 14.9 Å². The molecule has 118 valence electrons. The summed E-state index contributed by atoms with van der Waals surface area (Å²) in [4.78, 5) is 36.2. The van der Waals surface area contributed by atoms with Gasteiger partial charge in [-0.15, -0.1) is 0 Å². The molecule has 2 aromatic rings. The Balaban J connectivity index is 1.78. The maximum atomic E-state index is 12.5. The zero-order valence-corrected chi connectivity index (χ0v) is 13.1. The fourth-order valence-electron chi connectivity index (χ4n) is 2.65. The molecule has 1 aliphatic heterocycles. The number of carbonyl (C=O) groups excluding carboxylic acids is 2. The Morgan fingerprint density at radius 1 is 1.22 bits per heavy atom. The van der Waals surface area contributed by atoms with Gasteiger partial charge in [-0.25, -0.2) is 4.98 Å². The Kier molecular flexibility index (Phi) is 4.06. The highest BCUT2D eigenvalue weighted by Crippen LogP contribution is 2.21. The zero-order valence-electron chi connectivity index (χ0n) is 13.1. The third-order valence-electron chi connectivity index (χ3n) is 3.97. The molecule has 6 heteroatoms. The fraction of sp³-hybridized carbons (Fsp3) is 0.294. The van der Waals surface area contributed by atoms with E-state index in [-0.39, 0.29) is 30.1 Å². The molecule has 1 aromatic heterocycles. The van der Waals surface area contributed by atoms with Crippen LogP contribution in [0, 0.1) is 6.92 Å². The van der Waals surface area contributed by atoms with E-state index < -0.39 is 0 Å². The predicted molar refractivity (Wildman–Crippen MR) is 86.1 cm³/mol. The van der Waals surface area contributed by atoms with Gasteiger partial charge in [0.25, 0.3) is 5.91 Å². The number of amides is 2. The minimum Gasteiger partial charge on any atom is -0.323 e. The summed E-state index contributed by atoms with van der Waals surface area (Å²) in [5.74, 6) is -0.355. The molecule has 0 radical (unpaired) electrons. The molecule has 0 saturated carbocycles. The molecule has 0 unspecified atom stereocenters. The Morgan fingerprint density at radius 2 is 1.96 bits per heavy atom. The topological polar surface area (TPSA) is 66.4 Å². The van der Waals surface area contributed by atoms with Gasteiger partial charge in [-0.2, -0.15) is 0 Å². The summed E-state index contributed by atoms with van der Waals surface area (Å²) in [5, 5.41) is 0. The van der Waals surface area contributed by atoms with Gasteiger partial charge in [-0.1, -0.05) is 17.7 Å². The van der Waals surface area contributed by atoms with E-state index in [1.54, 1.807) is 9.80 Å². The molecule has 0 spiro atoms. The first-order valence-electron chi connectivity index (χ1n) is 7.50. The fourth-order valence-corrected chi connectivity index (χ4v) is 2.65. The largest absolute Gasteiger partial charge is 0.323 e. The van der Waals surface area contributed by atoms with Crippen LogP contribution in [0.5, 0.6) is 0 Å². The number of hydrogen-bond donors (Lipinski definition) is 0. The molecule has 0 bridgehead atoms. The van der Waals surface area contributed by atoms with Crippen molar-refractivity contribution in [2.75, 3.05) is 18.0 Å². The van der Waals surface area contributed by atoms with Gasteiger partial charge < -0.3 is 9.80 Å². The van der Waals surface area contributed by atoms with Crippen molar-refractivity contribution < 1.29 is 9.59 Å². The smallest absolute Gasteiger partial charge is 0.274 e. The normalized spacial score (nSPS) is 18.2. The highest BCUT2D eigenvalue weighted by molar-refractivity contribution is 6.01. The van der Waals surface area contributed by atoms with E-state index in [9.17, 15) is 9.59 Å². The van der Waals surface area contributed by atoms with Gasteiger partial charge in [0.15, 0.2) is 0 Å². The molecule has 2 heterocycles. The van der Waals surface area contributed by atoms with Crippen molar-refractivity contribution in [1.29, 1.82) is 0 Å². The highest BCUT2D eigenvalue weighted by atomic mass is 16.2. The predicted octanol–water partition coefficient (Wildman–Crippen LogP) is 1.66. The van der Waals surface area contributed by atoms with Crippen LogP contribution in [0.4, 0.5) is 5.69 Å². The van der Waals surface area contributed by atoms with Crippen LogP contribution in [0.15, 0.2) is 42.9 Å². The van der Waals surface area contributed by atoms with E-state index in [0.717, 1.165) is 11.3 Å². The van der Waals surface area contributed by atoms with Crippen molar-refractivity contribution in [3.05, 3.63) is 54.1 Å². The Hall–Kier alpha value is -2.76. The lowest BCUT2D eigenvalue weighted by Gasteiger charge is -2.39. The van der Waals surface area contributed by atoms with Crippen LogP contribution in [0.1, 0.15) is 23.0 Å². The van der Waals surface area contributed by atoms with E-state index in [1.807, 2.05) is 38.1 Å². The maximum absolute atomic E-state index is 12.5. The summed E-state index contributed by atoms with van der Waals surface area (Å²) >= 11 is 0. The monoisotopic (exact) mass is 310 g/mol. The third-order valence-corrected chi connectivity index (χ3v) is 3.97. The summed E-state index contributed by atoms with van der Waals surface area (Å²) in [7, 11) is 0. The Bertz CT molecular complexity index is 715. The van der Waals surface area contributed by atoms with Crippen LogP contribution >= 0.6 is 0 Å². The van der Waals surface area contributed by atoms with Crippen LogP contribution in [0.3, 0.4) is 0 Å². The third kappa shape index (κ3) is 3.06. The van der Waals surface area contributed by atoms with Gasteiger partial charge in [0.05, 0.1) is 6.20 Å². The van der Waals surface area contributed by atoms with E-state index in [2.05, 4.69) is 9.97 Å². The molecule has 2 amide bonds. The molecule has 0 aliphatic carbocycles. The molecule has 1 fully saturated rings. The minimum absolute atomic E-state index is 0.0461. The van der Waals surface area contributed by atoms with Crippen LogP contribution < -0.4 is 4.90 Å². The Labute approximate surface area is 134 Å². The molecule has 1 aromatic carbocycles. The number of aromatic nitrogens is 2. The van der Waals surface area contributed by atoms with Crippen LogP contribution in [-0.2, 0) is 4.79 Å². The number of benzene rings is 1. The number of rotatable bonds is 2. The quantitative estimate of drug-likeness (QED) is 0.846. The van der Waals surface area contributed by atoms with Crippen molar-refractivity contribution in [3.8, 4) is 0 Å². The number of aryl methyl sites for hydroxylation is 1. The van der Waals surface area contributed by atoms with Gasteiger partial charge >= 0.3 is 0 Å². The lowest BCUT2D eigenvalue weighted by atomic mass is 10.1. The lowest BCUT2D eigenvalue weighted by molar-refractivity contribution is -0.121. The standard InChI is InChI=1S/C17H18N4O2/c1-12-3-5-14(6-4-12)21-10-13(2)20(11-16(21)22)17(23)15-9-18-7-8-19-15/h3-9,13H,10-11H2,1-2H3/t13-/m0/s1. The molecular formula is C17H18N4O2. The number of nitrogens with zero attached hydrogens (tertiary/aromatic N) is 4. The second-order valence-corrected chi connectivity index (χ2v) is 5.71. The van der Waals surface area contributed by atoms with E-state index in [1.165, 1.54) is 18.6 Å². The van der Waals surface area contributed by atoms with Crippen LogP contribution in [-0.4, -0.2) is 45.8 Å². The van der Waals surface area contributed by atoms with E-state index >= 15 is 0 Å². The maximum Gasteiger partial charge on any atom is 0.274 e. The van der Waals surface area contributed by atoms with Crippen LogP contribution in [0.25, 0.3) is 0 Å². The second-order valence-electron chi connectivity index (χ2n) is 5.71. The lowest BCUT2D eigenvalue weighted by Crippen LogP contribution is -2.57. The van der Waals surface area contributed by atoms with Gasteiger partial charge in [-0.3, -0.25) is 14.6 Å². The Morgan fingerprint density at radius 3 is 2.61 bits per heavy atom. The SMILES string of the molecule is Cc1ccc(N2C[C@H](C)N(C(=O)c3cnccn3)CC2=O)cc1. The molecule has 1 aliphatic rings. The molecule has 23 heavy (non-hydrogen) atoms. The molecule has 6 nitrogen and oxygen atoms in total. The number of hydrogen-bond acceptors (Lipinski definition) is 4. The molecule has 1 saturated heterocycles. The van der Waals surface area contributed by atoms with Crippen molar-refractivity contribution in [2.45, 2.75) is 19.9 Å². The van der Waals surface area contributed by atoms with Crippen molar-refractivity contribution in [2.24, 2.45) is 0 Å². The van der Waals surface area contributed by atoms with Crippen molar-refractivity contribution in [3.63, 3.8) is 0 Å².